The van der Waals surface area contributed by atoms with Crippen LogP contribution in [-0.4, -0.2) is 34.9 Å². The van der Waals surface area contributed by atoms with Gasteiger partial charge in [-0.2, -0.15) is 5.10 Å². The van der Waals surface area contributed by atoms with Crippen molar-refractivity contribution in [3.63, 3.8) is 0 Å². The summed E-state index contributed by atoms with van der Waals surface area (Å²) in [6, 6.07) is 0. The van der Waals surface area contributed by atoms with Crippen molar-refractivity contribution < 1.29 is 9.53 Å². The lowest BCUT2D eigenvalue weighted by atomic mass is 10.0. The molecular weight excluding hydrogens is 254 g/mol. The molecule has 1 saturated heterocycles. The standard InChI is InChI=1S/C15H25N3O2/c1-10(2)8-13-14(11(3)18(4)17-13)15(19)16-9-12-6-5-7-20-12/h10,12H,5-9H2,1-4H3,(H,16,19). The highest BCUT2D eigenvalue weighted by molar-refractivity contribution is 5.96. The second-order valence-corrected chi connectivity index (χ2v) is 5.97. The SMILES string of the molecule is Cc1c(C(=O)NCC2CCCO2)c(CC(C)C)nn1C. The second kappa shape index (κ2) is 6.39. The highest BCUT2D eigenvalue weighted by Crippen LogP contribution is 2.17. The number of nitrogens with one attached hydrogen (secondary N) is 1. The smallest absolute Gasteiger partial charge is 0.255 e. The number of amides is 1. The first-order chi connectivity index (χ1) is 9.49. The van der Waals surface area contributed by atoms with Crippen LogP contribution in [0.3, 0.4) is 0 Å². The molecule has 1 atom stereocenters. The molecule has 1 fully saturated rings. The number of hydrogen-bond acceptors (Lipinski definition) is 3. The molecule has 1 N–H and O–H groups in total. The molecule has 5 nitrogen and oxygen atoms in total. The number of hydrogen-bond donors (Lipinski definition) is 1. The third kappa shape index (κ3) is 3.39. The molecule has 1 aromatic rings. The number of carbonyl (C=O) groups is 1. The highest BCUT2D eigenvalue weighted by Gasteiger charge is 2.22. The Labute approximate surface area is 120 Å². The van der Waals surface area contributed by atoms with Crippen LogP contribution in [0.1, 0.15) is 48.4 Å². The summed E-state index contributed by atoms with van der Waals surface area (Å²) in [6.07, 6.45) is 3.12. The Hall–Kier alpha value is -1.36. The van der Waals surface area contributed by atoms with Gasteiger partial charge in [0.15, 0.2) is 0 Å². The monoisotopic (exact) mass is 279 g/mol. The normalized spacial score (nSPS) is 18.8. The molecule has 1 aromatic heterocycles. The van der Waals surface area contributed by atoms with E-state index in [1.165, 1.54) is 0 Å². The number of aromatic nitrogens is 2. The Morgan fingerprint density at radius 2 is 2.30 bits per heavy atom. The van der Waals surface area contributed by atoms with Gasteiger partial charge in [-0.15, -0.1) is 0 Å². The van der Waals surface area contributed by atoms with Crippen LogP contribution in [-0.2, 0) is 18.2 Å². The highest BCUT2D eigenvalue weighted by atomic mass is 16.5. The van der Waals surface area contributed by atoms with Gasteiger partial charge < -0.3 is 10.1 Å². The molecule has 0 bridgehead atoms. The van der Waals surface area contributed by atoms with Crippen molar-refractivity contribution in [2.75, 3.05) is 13.2 Å². The van der Waals surface area contributed by atoms with Crippen molar-refractivity contribution >= 4 is 5.91 Å². The Balaban J connectivity index is 2.07. The maximum atomic E-state index is 12.4. The number of rotatable bonds is 5. The van der Waals surface area contributed by atoms with E-state index in [2.05, 4.69) is 24.3 Å². The molecule has 112 valence electrons. The average Bonchev–Trinajstić information content (AvgIpc) is 2.96. The van der Waals surface area contributed by atoms with Gasteiger partial charge in [0.25, 0.3) is 5.91 Å². The Bertz CT molecular complexity index is 474. The summed E-state index contributed by atoms with van der Waals surface area (Å²) in [6.45, 7) is 7.62. The number of aryl methyl sites for hydroxylation is 1. The van der Waals surface area contributed by atoms with E-state index >= 15 is 0 Å². The van der Waals surface area contributed by atoms with Crippen molar-refractivity contribution in [2.24, 2.45) is 13.0 Å². The van der Waals surface area contributed by atoms with E-state index in [-0.39, 0.29) is 12.0 Å². The lowest BCUT2D eigenvalue weighted by molar-refractivity contribution is 0.0856. The number of ether oxygens (including phenoxy) is 1. The van der Waals surface area contributed by atoms with E-state index < -0.39 is 0 Å². The van der Waals surface area contributed by atoms with Crippen LogP contribution in [0.15, 0.2) is 0 Å². The summed E-state index contributed by atoms with van der Waals surface area (Å²) in [4.78, 5) is 12.4. The van der Waals surface area contributed by atoms with Crippen LogP contribution >= 0.6 is 0 Å². The molecule has 0 radical (unpaired) electrons. The van der Waals surface area contributed by atoms with Gasteiger partial charge >= 0.3 is 0 Å². The molecule has 1 amide bonds. The first kappa shape index (κ1) is 15.0. The van der Waals surface area contributed by atoms with E-state index in [9.17, 15) is 4.79 Å². The van der Waals surface area contributed by atoms with Crippen LogP contribution in [0.5, 0.6) is 0 Å². The maximum absolute atomic E-state index is 12.4. The van der Waals surface area contributed by atoms with E-state index in [0.29, 0.717) is 12.5 Å². The van der Waals surface area contributed by atoms with Crippen LogP contribution in [0, 0.1) is 12.8 Å². The van der Waals surface area contributed by atoms with Crippen molar-refractivity contribution in [1.82, 2.24) is 15.1 Å². The topological polar surface area (TPSA) is 56.1 Å². The van der Waals surface area contributed by atoms with Gasteiger partial charge in [0.2, 0.25) is 0 Å². The second-order valence-electron chi connectivity index (χ2n) is 5.97. The van der Waals surface area contributed by atoms with Gasteiger partial charge in [-0.3, -0.25) is 9.48 Å². The zero-order chi connectivity index (χ0) is 14.7. The predicted molar refractivity (Wildman–Crippen MR) is 77.8 cm³/mol. The quantitative estimate of drug-likeness (QED) is 0.894. The molecule has 1 aliphatic heterocycles. The van der Waals surface area contributed by atoms with Gasteiger partial charge in [0.1, 0.15) is 0 Å². The molecule has 5 heteroatoms. The molecule has 1 aliphatic rings. The van der Waals surface area contributed by atoms with Gasteiger partial charge in [-0.1, -0.05) is 13.8 Å². The van der Waals surface area contributed by atoms with Crippen LogP contribution < -0.4 is 5.32 Å². The Morgan fingerprint density at radius 3 is 2.90 bits per heavy atom. The van der Waals surface area contributed by atoms with Crippen molar-refractivity contribution in [3.8, 4) is 0 Å². The fourth-order valence-electron chi connectivity index (χ4n) is 2.60. The van der Waals surface area contributed by atoms with Crippen LogP contribution in [0.4, 0.5) is 0 Å². The molecule has 0 saturated carbocycles. The van der Waals surface area contributed by atoms with Gasteiger partial charge in [-0.25, -0.2) is 0 Å². The van der Waals surface area contributed by atoms with E-state index in [1.807, 2.05) is 14.0 Å². The summed E-state index contributed by atoms with van der Waals surface area (Å²) < 4.78 is 7.32. The minimum atomic E-state index is -0.0262. The molecule has 2 heterocycles. The lowest BCUT2D eigenvalue weighted by Crippen LogP contribution is -2.32. The van der Waals surface area contributed by atoms with E-state index in [4.69, 9.17) is 4.74 Å². The summed E-state index contributed by atoms with van der Waals surface area (Å²) in [5, 5.41) is 7.47. The molecule has 0 spiro atoms. The average molecular weight is 279 g/mol. The summed E-state index contributed by atoms with van der Waals surface area (Å²) in [7, 11) is 1.88. The molecule has 20 heavy (non-hydrogen) atoms. The maximum Gasteiger partial charge on any atom is 0.255 e. The van der Waals surface area contributed by atoms with Crippen molar-refractivity contribution in [3.05, 3.63) is 17.0 Å². The van der Waals surface area contributed by atoms with E-state index in [1.54, 1.807) is 4.68 Å². The molecule has 0 aromatic carbocycles. The summed E-state index contributed by atoms with van der Waals surface area (Å²) in [5.74, 6) is 0.454. The minimum absolute atomic E-state index is 0.0262. The summed E-state index contributed by atoms with van der Waals surface area (Å²) in [5.41, 5.74) is 2.55. The summed E-state index contributed by atoms with van der Waals surface area (Å²) >= 11 is 0. The fourth-order valence-corrected chi connectivity index (χ4v) is 2.60. The third-order valence-corrected chi connectivity index (χ3v) is 3.75. The minimum Gasteiger partial charge on any atom is -0.376 e. The Morgan fingerprint density at radius 1 is 1.55 bits per heavy atom. The fraction of sp³-hybridized carbons (Fsp3) is 0.733. The predicted octanol–water partition coefficient (Wildman–Crippen LogP) is 1.84. The largest absolute Gasteiger partial charge is 0.376 e. The zero-order valence-electron chi connectivity index (χ0n) is 12.9. The van der Waals surface area contributed by atoms with E-state index in [0.717, 1.165) is 42.8 Å². The molecule has 1 unspecified atom stereocenters. The van der Waals surface area contributed by atoms with Crippen molar-refractivity contribution in [1.29, 1.82) is 0 Å². The first-order valence-electron chi connectivity index (χ1n) is 7.41. The first-order valence-corrected chi connectivity index (χ1v) is 7.41. The molecular formula is C15H25N3O2. The van der Waals surface area contributed by atoms with Gasteiger partial charge in [0, 0.05) is 25.9 Å². The molecule has 2 rings (SSSR count). The van der Waals surface area contributed by atoms with Crippen molar-refractivity contribution in [2.45, 2.75) is 46.1 Å². The lowest BCUT2D eigenvalue weighted by Gasteiger charge is -2.11. The van der Waals surface area contributed by atoms with Crippen LogP contribution in [0.2, 0.25) is 0 Å². The number of carbonyl (C=O) groups excluding carboxylic acids is 1. The molecule has 0 aliphatic carbocycles. The Kier molecular flexibility index (Phi) is 4.81. The van der Waals surface area contributed by atoms with Crippen LogP contribution in [0.25, 0.3) is 0 Å². The van der Waals surface area contributed by atoms with Gasteiger partial charge in [0.05, 0.1) is 17.4 Å². The number of nitrogens with zero attached hydrogens (tertiary/aromatic N) is 2. The van der Waals surface area contributed by atoms with Gasteiger partial charge in [-0.05, 0) is 32.1 Å². The zero-order valence-corrected chi connectivity index (χ0v) is 12.9. The third-order valence-electron chi connectivity index (χ3n) is 3.75.